The number of rotatable bonds is 4. The van der Waals surface area contributed by atoms with Crippen molar-refractivity contribution in [2.45, 2.75) is 31.6 Å². The zero-order valence-electron chi connectivity index (χ0n) is 9.36. The Balaban J connectivity index is 2.19. The number of furan rings is 1. The Kier molecular flexibility index (Phi) is 2.61. The summed E-state index contributed by atoms with van der Waals surface area (Å²) in [6.45, 7) is 4.57. The van der Waals surface area contributed by atoms with Gasteiger partial charge in [0.2, 0.25) is 0 Å². The first-order valence-corrected chi connectivity index (χ1v) is 5.52. The third kappa shape index (κ3) is 1.82. The average molecular weight is 209 g/mol. The SMILES string of the molecule is CC1CC1c1ccc(C(C)(CN)CO)o1. The second kappa shape index (κ2) is 3.65. The monoisotopic (exact) mass is 209 g/mol. The lowest BCUT2D eigenvalue weighted by molar-refractivity contribution is 0.187. The molecule has 0 spiro atoms. The van der Waals surface area contributed by atoms with Gasteiger partial charge in [0, 0.05) is 12.5 Å². The maximum absolute atomic E-state index is 9.31. The highest BCUT2D eigenvalue weighted by Crippen LogP contribution is 2.47. The van der Waals surface area contributed by atoms with Gasteiger partial charge in [-0.15, -0.1) is 0 Å². The molecule has 0 bridgehead atoms. The van der Waals surface area contributed by atoms with E-state index in [1.807, 2.05) is 19.1 Å². The van der Waals surface area contributed by atoms with Gasteiger partial charge in [0.15, 0.2) is 0 Å². The van der Waals surface area contributed by atoms with E-state index in [4.69, 9.17) is 10.2 Å². The minimum Gasteiger partial charge on any atom is -0.465 e. The summed E-state index contributed by atoms with van der Waals surface area (Å²) < 4.78 is 5.78. The Morgan fingerprint density at radius 3 is 2.73 bits per heavy atom. The summed E-state index contributed by atoms with van der Waals surface area (Å²) in [4.78, 5) is 0. The molecule has 1 fully saturated rings. The topological polar surface area (TPSA) is 59.4 Å². The maximum atomic E-state index is 9.31. The first kappa shape index (κ1) is 10.7. The highest BCUT2D eigenvalue weighted by molar-refractivity contribution is 5.22. The van der Waals surface area contributed by atoms with Gasteiger partial charge in [-0.25, -0.2) is 0 Å². The van der Waals surface area contributed by atoms with Gasteiger partial charge in [-0.3, -0.25) is 0 Å². The van der Waals surface area contributed by atoms with Crippen molar-refractivity contribution in [2.24, 2.45) is 11.7 Å². The van der Waals surface area contributed by atoms with E-state index in [-0.39, 0.29) is 6.61 Å². The van der Waals surface area contributed by atoms with Crippen LogP contribution in [0.5, 0.6) is 0 Å². The molecule has 1 heterocycles. The van der Waals surface area contributed by atoms with Crippen molar-refractivity contribution in [3.63, 3.8) is 0 Å². The lowest BCUT2D eigenvalue weighted by atomic mass is 9.89. The number of hydrogen-bond donors (Lipinski definition) is 2. The summed E-state index contributed by atoms with van der Waals surface area (Å²) >= 11 is 0. The lowest BCUT2D eigenvalue weighted by Gasteiger charge is -2.22. The van der Waals surface area contributed by atoms with Crippen molar-refractivity contribution in [1.29, 1.82) is 0 Å². The lowest BCUT2D eigenvalue weighted by Crippen LogP contribution is -2.35. The molecule has 1 aliphatic carbocycles. The summed E-state index contributed by atoms with van der Waals surface area (Å²) in [6.07, 6.45) is 1.21. The van der Waals surface area contributed by atoms with E-state index in [9.17, 15) is 5.11 Å². The molecule has 1 aromatic heterocycles. The molecule has 1 aromatic rings. The Bertz CT molecular complexity index is 341. The molecule has 3 unspecified atom stereocenters. The van der Waals surface area contributed by atoms with Gasteiger partial charge >= 0.3 is 0 Å². The van der Waals surface area contributed by atoms with Crippen LogP contribution >= 0.6 is 0 Å². The molecule has 0 amide bonds. The predicted molar refractivity (Wildman–Crippen MR) is 58.7 cm³/mol. The van der Waals surface area contributed by atoms with E-state index < -0.39 is 5.41 Å². The van der Waals surface area contributed by atoms with Gasteiger partial charge < -0.3 is 15.3 Å². The molecule has 0 radical (unpaired) electrons. The fourth-order valence-electron chi connectivity index (χ4n) is 1.84. The number of hydrogen-bond acceptors (Lipinski definition) is 3. The number of aliphatic hydroxyl groups is 1. The fraction of sp³-hybridized carbons (Fsp3) is 0.667. The molecular weight excluding hydrogens is 190 g/mol. The minimum atomic E-state index is -0.434. The quantitative estimate of drug-likeness (QED) is 0.792. The van der Waals surface area contributed by atoms with E-state index in [1.165, 1.54) is 6.42 Å². The number of nitrogens with two attached hydrogens (primary N) is 1. The van der Waals surface area contributed by atoms with Crippen LogP contribution in [0.3, 0.4) is 0 Å². The van der Waals surface area contributed by atoms with Crippen molar-refractivity contribution >= 4 is 0 Å². The van der Waals surface area contributed by atoms with Gasteiger partial charge in [0.25, 0.3) is 0 Å². The van der Waals surface area contributed by atoms with Crippen molar-refractivity contribution in [3.8, 4) is 0 Å². The summed E-state index contributed by atoms with van der Waals surface area (Å²) in [6, 6.07) is 3.97. The first-order valence-electron chi connectivity index (χ1n) is 5.52. The van der Waals surface area contributed by atoms with E-state index in [1.54, 1.807) is 0 Å². The Morgan fingerprint density at radius 1 is 1.60 bits per heavy atom. The van der Waals surface area contributed by atoms with Crippen LogP contribution < -0.4 is 5.73 Å². The maximum Gasteiger partial charge on any atom is 0.113 e. The third-order valence-electron chi connectivity index (χ3n) is 3.50. The molecule has 0 aromatic carbocycles. The van der Waals surface area contributed by atoms with E-state index >= 15 is 0 Å². The molecule has 0 saturated heterocycles. The van der Waals surface area contributed by atoms with Crippen LogP contribution in [-0.4, -0.2) is 18.3 Å². The minimum absolute atomic E-state index is 0.0245. The molecule has 3 N–H and O–H groups in total. The summed E-state index contributed by atoms with van der Waals surface area (Å²) in [5.74, 6) is 3.17. The fourth-order valence-corrected chi connectivity index (χ4v) is 1.84. The summed E-state index contributed by atoms with van der Waals surface area (Å²) in [5.41, 5.74) is 5.22. The van der Waals surface area contributed by atoms with Crippen molar-refractivity contribution < 1.29 is 9.52 Å². The highest BCUT2D eigenvalue weighted by atomic mass is 16.3. The molecule has 2 rings (SSSR count). The summed E-state index contributed by atoms with van der Waals surface area (Å²) in [7, 11) is 0. The Labute approximate surface area is 90.3 Å². The smallest absolute Gasteiger partial charge is 0.113 e. The van der Waals surface area contributed by atoms with Gasteiger partial charge in [0.1, 0.15) is 11.5 Å². The molecule has 3 heteroatoms. The van der Waals surface area contributed by atoms with Crippen molar-refractivity contribution in [1.82, 2.24) is 0 Å². The highest BCUT2D eigenvalue weighted by Gasteiger charge is 2.38. The Hall–Kier alpha value is -0.800. The number of aliphatic hydroxyl groups excluding tert-OH is 1. The molecule has 1 saturated carbocycles. The largest absolute Gasteiger partial charge is 0.465 e. The zero-order valence-corrected chi connectivity index (χ0v) is 9.36. The Morgan fingerprint density at radius 2 is 2.27 bits per heavy atom. The van der Waals surface area contributed by atoms with Crippen LogP contribution in [0.2, 0.25) is 0 Å². The van der Waals surface area contributed by atoms with Gasteiger partial charge in [-0.1, -0.05) is 6.92 Å². The van der Waals surface area contributed by atoms with E-state index in [0.717, 1.165) is 17.4 Å². The summed E-state index contributed by atoms with van der Waals surface area (Å²) in [5, 5.41) is 9.31. The van der Waals surface area contributed by atoms with Gasteiger partial charge in [0.05, 0.1) is 12.0 Å². The second-order valence-electron chi connectivity index (χ2n) is 4.94. The van der Waals surface area contributed by atoms with Gasteiger partial charge in [-0.2, -0.15) is 0 Å². The standard InChI is InChI=1S/C12H19NO2/c1-8-5-9(8)10-3-4-11(15-10)12(2,6-13)7-14/h3-4,8-9,14H,5-7,13H2,1-2H3. The molecular formula is C12H19NO2. The van der Waals surface area contributed by atoms with Crippen LogP contribution in [-0.2, 0) is 5.41 Å². The van der Waals surface area contributed by atoms with Crippen LogP contribution in [0.25, 0.3) is 0 Å². The predicted octanol–water partition coefficient (Wildman–Crippen LogP) is 1.61. The average Bonchev–Trinajstić information content (AvgIpc) is 2.81. The van der Waals surface area contributed by atoms with Crippen molar-refractivity contribution in [2.75, 3.05) is 13.2 Å². The van der Waals surface area contributed by atoms with E-state index in [2.05, 4.69) is 6.92 Å². The molecule has 84 valence electrons. The first-order chi connectivity index (χ1) is 7.10. The van der Waals surface area contributed by atoms with E-state index in [0.29, 0.717) is 12.5 Å². The van der Waals surface area contributed by atoms with Crippen LogP contribution in [0.4, 0.5) is 0 Å². The normalized spacial score (nSPS) is 28.8. The molecule has 15 heavy (non-hydrogen) atoms. The molecule has 0 aliphatic heterocycles. The second-order valence-corrected chi connectivity index (χ2v) is 4.94. The third-order valence-corrected chi connectivity index (χ3v) is 3.50. The molecule has 3 atom stereocenters. The molecule has 1 aliphatic rings. The van der Waals surface area contributed by atoms with Crippen molar-refractivity contribution in [3.05, 3.63) is 23.7 Å². The zero-order chi connectivity index (χ0) is 11.1. The van der Waals surface area contributed by atoms with Crippen LogP contribution in [0, 0.1) is 5.92 Å². The van der Waals surface area contributed by atoms with Gasteiger partial charge in [-0.05, 0) is 31.4 Å². The molecule has 3 nitrogen and oxygen atoms in total. The van der Waals surface area contributed by atoms with Crippen LogP contribution in [0.1, 0.15) is 37.7 Å². The van der Waals surface area contributed by atoms with Crippen LogP contribution in [0.15, 0.2) is 16.5 Å².